The van der Waals surface area contributed by atoms with Crippen molar-refractivity contribution in [2.75, 3.05) is 39.6 Å². The van der Waals surface area contributed by atoms with Crippen molar-refractivity contribution in [1.82, 2.24) is 0 Å². The summed E-state index contributed by atoms with van der Waals surface area (Å²) < 4.78 is 43.4. The minimum Gasteiger partial charge on any atom is -0.466 e. The fraction of sp³-hybridized carbons (Fsp3) is 0.959. The van der Waals surface area contributed by atoms with Gasteiger partial charge in [0.2, 0.25) is 0 Å². The summed E-state index contributed by atoms with van der Waals surface area (Å²) in [6, 6.07) is 0. The van der Waals surface area contributed by atoms with Gasteiger partial charge in [-0.2, -0.15) is 0 Å². The van der Waals surface area contributed by atoms with Gasteiger partial charge in [-0.3, -0.25) is 14.4 Å². The standard InChI is InChI=1S/C74H142O10/c1-8-15-35-47-65(48-36-16-9-2)56-62-78-69(75)53-41-29-23-21-22-26-32-44-59-81-72-68(14-7)84-74(83-61-46-34-28-25-31-43-55-71(77)80-64-58-67(51-39-19-12-5)52-40-20-13-6)73(72)82-60-45-33-27-24-30-42-54-70(76)79-63-57-66(49-37-17-10-3)50-38-18-11-4/h65-68,72-74H,8-64H2,1-7H3/t68-,72+,73?,74-/m1/s1. The van der Waals surface area contributed by atoms with Crippen LogP contribution in [0.15, 0.2) is 0 Å². The smallest absolute Gasteiger partial charge is 0.305 e. The highest BCUT2D eigenvalue weighted by atomic mass is 16.7. The van der Waals surface area contributed by atoms with Gasteiger partial charge in [-0.25, -0.2) is 0 Å². The van der Waals surface area contributed by atoms with Crippen molar-refractivity contribution < 1.29 is 47.5 Å². The zero-order valence-electron chi connectivity index (χ0n) is 56.9. The molecule has 0 amide bonds. The van der Waals surface area contributed by atoms with Gasteiger partial charge in [0.25, 0.3) is 0 Å². The van der Waals surface area contributed by atoms with E-state index in [1.165, 1.54) is 180 Å². The monoisotopic (exact) mass is 1190 g/mol. The fourth-order valence-corrected chi connectivity index (χ4v) is 12.4. The van der Waals surface area contributed by atoms with E-state index in [0.717, 1.165) is 128 Å². The second-order valence-corrected chi connectivity index (χ2v) is 25.9. The number of ether oxygens (including phenoxy) is 7. The number of carbonyl (C=O) groups excluding carboxylic acids is 3. The Morgan fingerprint density at radius 2 is 0.548 bits per heavy atom. The van der Waals surface area contributed by atoms with Crippen molar-refractivity contribution in [3.63, 3.8) is 0 Å². The highest BCUT2D eigenvalue weighted by Crippen LogP contribution is 2.31. The number of hydrogen-bond acceptors (Lipinski definition) is 10. The Balaban J connectivity index is 2.51. The Hall–Kier alpha value is -1.75. The lowest BCUT2D eigenvalue weighted by Crippen LogP contribution is -2.39. The van der Waals surface area contributed by atoms with Crippen LogP contribution in [0, 0.1) is 17.8 Å². The molecule has 498 valence electrons. The van der Waals surface area contributed by atoms with Crippen LogP contribution >= 0.6 is 0 Å². The van der Waals surface area contributed by atoms with Crippen LogP contribution in [0.1, 0.15) is 376 Å². The molecular formula is C74H142O10. The summed E-state index contributed by atoms with van der Waals surface area (Å²) in [5.74, 6) is 2.01. The van der Waals surface area contributed by atoms with E-state index in [1.807, 2.05) is 0 Å². The quantitative estimate of drug-likeness (QED) is 0.0331. The van der Waals surface area contributed by atoms with Gasteiger partial charge in [-0.05, 0) is 82.0 Å². The van der Waals surface area contributed by atoms with Gasteiger partial charge in [0, 0.05) is 39.1 Å². The molecule has 0 bridgehead atoms. The van der Waals surface area contributed by atoms with Crippen LogP contribution in [-0.4, -0.2) is 82.2 Å². The minimum atomic E-state index is -0.434. The summed E-state index contributed by atoms with van der Waals surface area (Å²) >= 11 is 0. The largest absolute Gasteiger partial charge is 0.466 e. The summed E-state index contributed by atoms with van der Waals surface area (Å²) in [6.07, 6.45) is 56.8. The average Bonchev–Trinajstić information content (AvgIpc) is 3.78. The number of esters is 3. The van der Waals surface area contributed by atoms with Crippen LogP contribution in [0.2, 0.25) is 0 Å². The Morgan fingerprint density at radius 3 is 0.833 bits per heavy atom. The minimum absolute atomic E-state index is 0.0127. The molecule has 0 radical (unpaired) electrons. The lowest BCUT2D eigenvalue weighted by molar-refractivity contribution is -0.179. The van der Waals surface area contributed by atoms with E-state index in [0.29, 0.717) is 76.7 Å². The zero-order chi connectivity index (χ0) is 61.0. The predicted octanol–water partition coefficient (Wildman–Crippen LogP) is 22.0. The van der Waals surface area contributed by atoms with Crippen LogP contribution in [-0.2, 0) is 47.5 Å². The lowest BCUT2D eigenvalue weighted by Gasteiger charge is -2.25. The van der Waals surface area contributed by atoms with Crippen LogP contribution in [0.25, 0.3) is 0 Å². The van der Waals surface area contributed by atoms with Crippen LogP contribution in [0.5, 0.6) is 0 Å². The summed E-state index contributed by atoms with van der Waals surface area (Å²) in [5.41, 5.74) is 0. The van der Waals surface area contributed by atoms with Crippen molar-refractivity contribution in [1.29, 1.82) is 0 Å². The summed E-state index contributed by atoms with van der Waals surface area (Å²) in [7, 11) is 0. The maximum Gasteiger partial charge on any atom is 0.305 e. The number of unbranched alkanes of at least 4 members (excludes halogenated alkanes) is 29. The zero-order valence-corrected chi connectivity index (χ0v) is 56.9. The van der Waals surface area contributed by atoms with Crippen molar-refractivity contribution in [2.45, 2.75) is 401 Å². The number of carbonyl (C=O) groups is 3. The Kier molecular flexibility index (Phi) is 58.8. The molecule has 4 atom stereocenters. The van der Waals surface area contributed by atoms with Crippen molar-refractivity contribution in [3.8, 4) is 0 Å². The summed E-state index contributed by atoms with van der Waals surface area (Å²) in [6.45, 7) is 19.5. The van der Waals surface area contributed by atoms with Gasteiger partial charge in [-0.1, -0.05) is 292 Å². The normalized spacial score (nSPS) is 16.2. The second kappa shape index (κ2) is 61.5. The Labute approximate surface area is 521 Å². The highest BCUT2D eigenvalue weighted by Gasteiger charge is 2.46. The molecule has 1 unspecified atom stereocenters. The van der Waals surface area contributed by atoms with Gasteiger partial charge in [0.15, 0.2) is 6.29 Å². The van der Waals surface area contributed by atoms with Gasteiger partial charge in [0.1, 0.15) is 12.2 Å². The van der Waals surface area contributed by atoms with E-state index in [4.69, 9.17) is 33.2 Å². The summed E-state index contributed by atoms with van der Waals surface area (Å²) in [4.78, 5) is 37.6. The molecular weight excluding hydrogens is 1050 g/mol. The van der Waals surface area contributed by atoms with E-state index in [1.54, 1.807) is 0 Å². The highest BCUT2D eigenvalue weighted by molar-refractivity contribution is 5.69. The molecule has 0 spiro atoms. The number of hydrogen-bond donors (Lipinski definition) is 0. The molecule has 10 nitrogen and oxygen atoms in total. The molecule has 0 aromatic rings. The fourth-order valence-electron chi connectivity index (χ4n) is 12.4. The predicted molar refractivity (Wildman–Crippen MR) is 353 cm³/mol. The maximum atomic E-state index is 12.6. The van der Waals surface area contributed by atoms with Gasteiger partial charge in [-0.15, -0.1) is 0 Å². The topological polar surface area (TPSA) is 116 Å². The number of rotatable bonds is 66. The van der Waals surface area contributed by atoms with E-state index in [9.17, 15) is 14.4 Å². The van der Waals surface area contributed by atoms with Crippen LogP contribution in [0.4, 0.5) is 0 Å². The third kappa shape index (κ3) is 48.2. The molecule has 0 N–H and O–H groups in total. The molecule has 1 aliphatic heterocycles. The molecule has 84 heavy (non-hydrogen) atoms. The molecule has 1 aliphatic rings. The lowest BCUT2D eigenvalue weighted by atomic mass is 9.92. The molecule has 0 aromatic heterocycles. The summed E-state index contributed by atoms with van der Waals surface area (Å²) in [5, 5.41) is 0. The first kappa shape index (κ1) is 80.3. The van der Waals surface area contributed by atoms with Crippen molar-refractivity contribution >= 4 is 17.9 Å². The third-order valence-electron chi connectivity index (χ3n) is 18.1. The van der Waals surface area contributed by atoms with Gasteiger partial charge in [0.05, 0.1) is 25.9 Å². The first-order valence-corrected chi connectivity index (χ1v) is 37.2. The Morgan fingerprint density at radius 1 is 0.286 bits per heavy atom. The molecule has 0 aliphatic carbocycles. The molecule has 0 aromatic carbocycles. The molecule has 1 heterocycles. The van der Waals surface area contributed by atoms with Crippen molar-refractivity contribution in [2.24, 2.45) is 17.8 Å². The molecule has 10 heteroatoms. The second-order valence-electron chi connectivity index (χ2n) is 25.9. The van der Waals surface area contributed by atoms with E-state index in [2.05, 4.69) is 48.5 Å². The third-order valence-corrected chi connectivity index (χ3v) is 18.1. The molecule has 0 saturated carbocycles. The first-order chi connectivity index (χ1) is 41.3. The van der Waals surface area contributed by atoms with Crippen LogP contribution in [0.3, 0.4) is 0 Å². The Bertz CT molecular complexity index is 1380. The van der Waals surface area contributed by atoms with E-state index >= 15 is 0 Å². The van der Waals surface area contributed by atoms with E-state index < -0.39 is 6.29 Å². The molecule has 1 saturated heterocycles. The van der Waals surface area contributed by atoms with E-state index in [-0.39, 0.29) is 36.2 Å². The molecule has 1 fully saturated rings. The van der Waals surface area contributed by atoms with Gasteiger partial charge >= 0.3 is 17.9 Å². The average molecular weight is 1190 g/mol. The van der Waals surface area contributed by atoms with Crippen molar-refractivity contribution in [3.05, 3.63) is 0 Å². The SMILES string of the molecule is CCCCCC(CCCCC)CCOC(=O)CCCCCCCCCCO[C@@H]1C(OCCCCCCCCC(=O)OCCC(CCCCC)CCCCC)[C@H](OCCCCCCCCC(=O)OCCC(CCCCC)CCCCC)O[C@@H]1CC. The maximum absolute atomic E-state index is 12.6. The first-order valence-electron chi connectivity index (χ1n) is 37.2. The molecule has 1 rings (SSSR count). The van der Waals surface area contributed by atoms with Gasteiger partial charge < -0.3 is 33.2 Å². The van der Waals surface area contributed by atoms with Crippen LogP contribution < -0.4 is 0 Å².